The number of ketones is 2. The van der Waals surface area contributed by atoms with Gasteiger partial charge in [-0.3, -0.25) is 14.4 Å². The smallest absolute Gasteiger partial charge is 0.326 e. The van der Waals surface area contributed by atoms with Gasteiger partial charge in [0.25, 0.3) is 0 Å². The average molecular weight is 839 g/mol. The molecule has 4 N–H and O–H groups in total. The Kier molecular flexibility index (Phi) is 16.2. The fourth-order valence-electron chi connectivity index (χ4n) is 6.58. The van der Waals surface area contributed by atoms with E-state index in [1.54, 1.807) is 133 Å². The molecule has 0 radical (unpaired) electrons. The highest BCUT2D eigenvalue weighted by Crippen LogP contribution is 2.28. The van der Waals surface area contributed by atoms with Gasteiger partial charge >= 0.3 is 11.9 Å². The maximum atomic E-state index is 13.2. The van der Waals surface area contributed by atoms with Gasteiger partial charge in [0.1, 0.15) is 30.8 Å². The molecule has 0 heterocycles. The van der Waals surface area contributed by atoms with Crippen LogP contribution in [0.1, 0.15) is 61.9 Å². The molecular weight excluding hydrogens is 793 g/mol. The van der Waals surface area contributed by atoms with Crippen LogP contribution < -0.4 is 20.1 Å². The molecule has 0 amide bonds. The van der Waals surface area contributed by atoms with Crippen molar-refractivity contribution in [3.05, 3.63) is 215 Å². The summed E-state index contributed by atoms with van der Waals surface area (Å²) in [6, 6.07) is 44.7. The van der Waals surface area contributed by atoms with E-state index in [2.05, 4.69) is 22.5 Å². The molecule has 0 fully saturated rings. The minimum absolute atomic E-state index is 0.156. The molecule has 10 nitrogen and oxygen atoms in total. The maximum Gasteiger partial charge on any atom is 0.326 e. The number of carboxylic acids is 2. The normalized spacial score (nSPS) is 11.8. The number of hydrogen-bond acceptors (Lipinski definition) is 8. The lowest BCUT2D eigenvalue weighted by Gasteiger charge is -2.21. The number of hydrogen-bond donors (Lipinski definition) is 4. The molecule has 63 heavy (non-hydrogen) atoms. The van der Waals surface area contributed by atoms with E-state index in [9.17, 15) is 29.4 Å². The molecular formula is C53H46N2O8. The highest BCUT2D eigenvalue weighted by Gasteiger charge is 2.22. The van der Waals surface area contributed by atoms with Gasteiger partial charge in [0.05, 0.1) is 12.5 Å². The molecule has 0 aromatic heterocycles. The van der Waals surface area contributed by atoms with Crippen molar-refractivity contribution in [1.29, 1.82) is 0 Å². The van der Waals surface area contributed by atoms with Crippen LogP contribution in [0.15, 0.2) is 182 Å². The topological polar surface area (TPSA) is 151 Å². The number of rotatable bonds is 21. The van der Waals surface area contributed by atoms with E-state index < -0.39 is 24.0 Å². The van der Waals surface area contributed by atoms with E-state index in [0.29, 0.717) is 64.8 Å². The highest BCUT2D eigenvalue weighted by atomic mass is 16.5. The van der Waals surface area contributed by atoms with E-state index in [0.717, 1.165) is 11.1 Å². The van der Waals surface area contributed by atoms with Gasteiger partial charge in [-0.05, 0) is 71.8 Å². The molecule has 0 saturated heterocycles. The van der Waals surface area contributed by atoms with Crippen LogP contribution in [0.3, 0.4) is 0 Å². The summed E-state index contributed by atoms with van der Waals surface area (Å²) < 4.78 is 11.6. The lowest BCUT2D eigenvalue weighted by Crippen LogP contribution is -2.32. The second-order valence-corrected chi connectivity index (χ2v) is 14.2. The van der Waals surface area contributed by atoms with Gasteiger partial charge < -0.3 is 30.3 Å². The molecule has 0 spiro atoms. The van der Waals surface area contributed by atoms with Gasteiger partial charge in [0.15, 0.2) is 11.6 Å². The molecule has 0 aliphatic rings. The third kappa shape index (κ3) is 13.4. The molecule has 316 valence electrons. The van der Waals surface area contributed by atoms with E-state index in [1.807, 2.05) is 48.6 Å². The van der Waals surface area contributed by atoms with Crippen molar-refractivity contribution < 1.29 is 38.9 Å². The number of ether oxygens (including phenoxy) is 2. The quantitative estimate of drug-likeness (QED) is 0.0313. The number of benzene rings is 6. The van der Waals surface area contributed by atoms with Crippen LogP contribution in [-0.4, -0.2) is 53.0 Å². The molecule has 6 rings (SSSR count). The number of allylic oxidation sites excluding steroid dienone is 2. The average Bonchev–Trinajstić information content (AvgIpc) is 3.31. The summed E-state index contributed by atoms with van der Waals surface area (Å²) >= 11 is 0. The van der Waals surface area contributed by atoms with Crippen LogP contribution in [0.25, 0.3) is 0 Å². The van der Waals surface area contributed by atoms with Crippen LogP contribution in [0, 0.1) is 11.8 Å². The fraction of sp³-hybridized carbons (Fsp3) is 0.132. The number of anilines is 2. The van der Waals surface area contributed by atoms with Crippen molar-refractivity contribution >= 4 is 34.9 Å². The Morgan fingerprint density at radius 3 is 1.63 bits per heavy atom. The molecule has 0 bridgehead atoms. The summed E-state index contributed by atoms with van der Waals surface area (Å²) in [5.74, 6) is 4.92. The van der Waals surface area contributed by atoms with Gasteiger partial charge in [0, 0.05) is 46.5 Å². The predicted molar refractivity (Wildman–Crippen MR) is 245 cm³/mol. The van der Waals surface area contributed by atoms with Crippen molar-refractivity contribution in [3.63, 3.8) is 0 Å². The number of carbonyl (C=O) groups is 4. The van der Waals surface area contributed by atoms with E-state index in [1.165, 1.54) is 0 Å². The Morgan fingerprint density at radius 2 is 1.08 bits per heavy atom. The summed E-state index contributed by atoms with van der Waals surface area (Å²) in [5.41, 5.74) is 4.46. The monoisotopic (exact) mass is 838 g/mol. The second kappa shape index (κ2) is 23.0. The fourth-order valence-corrected chi connectivity index (χ4v) is 6.58. The second-order valence-electron chi connectivity index (χ2n) is 14.2. The first-order chi connectivity index (χ1) is 30.7. The standard InChI is InChI=1S/C53H46N2O8/c56-50(57)37-48(54-46-24-14-12-22-44(46)51(58)40-18-8-6-9-19-40)39-28-32-43(33-29-39)63-35-17-5-3-1-2-4-16-34-62-42-30-26-38(27-31-42)36-49(53(60)61)55-47-25-15-13-23-45(47)52(59)41-20-10-7-11-21-41/h4-33,48-49,54-55H,2,34-37H2,(H,56,57)(H,60,61)/b16-4?,17-5+. The van der Waals surface area contributed by atoms with Gasteiger partial charge in [-0.2, -0.15) is 0 Å². The Hall–Kier alpha value is -8.16. The third-order valence-corrected chi connectivity index (χ3v) is 9.78. The lowest BCUT2D eigenvalue weighted by atomic mass is 9.99. The Balaban J connectivity index is 0.914. The van der Waals surface area contributed by atoms with Crippen molar-refractivity contribution in [1.82, 2.24) is 0 Å². The summed E-state index contributed by atoms with van der Waals surface area (Å²) in [6.07, 6.45) is 7.82. The summed E-state index contributed by atoms with van der Waals surface area (Å²) in [4.78, 5) is 50.4. The van der Waals surface area contributed by atoms with E-state index in [4.69, 9.17) is 9.47 Å². The van der Waals surface area contributed by atoms with Crippen molar-refractivity contribution in [2.24, 2.45) is 0 Å². The van der Waals surface area contributed by atoms with E-state index in [-0.39, 0.29) is 24.4 Å². The number of nitrogens with one attached hydrogen (secondary N) is 2. The maximum absolute atomic E-state index is 13.2. The Bertz CT molecular complexity index is 2590. The third-order valence-electron chi connectivity index (χ3n) is 9.78. The molecule has 6 aromatic rings. The first-order valence-electron chi connectivity index (χ1n) is 20.3. The highest BCUT2D eigenvalue weighted by molar-refractivity contribution is 6.13. The van der Waals surface area contributed by atoms with Crippen LogP contribution in [0.4, 0.5) is 11.4 Å². The largest absolute Gasteiger partial charge is 0.490 e. The predicted octanol–water partition coefficient (Wildman–Crippen LogP) is 9.85. The van der Waals surface area contributed by atoms with Gasteiger partial charge in [0.2, 0.25) is 0 Å². The van der Waals surface area contributed by atoms with Crippen LogP contribution in [0.2, 0.25) is 0 Å². The van der Waals surface area contributed by atoms with Crippen LogP contribution in [0.5, 0.6) is 11.5 Å². The van der Waals surface area contributed by atoms with Gasteiger partial charge in [-0.1, -0.05) is 133 Å². The molecule has 0 saturated carbocycles. The first-order valence-corrected chi connectivity index (χ1v) is 20.3. The molecule has 10 heteroatoms. The first kappa shape index (κ1) is 44.4. The van der Waals surface area contributed by atoms with Crippen molar-refractivity contribution in [2.75, 3.05) is 23.8 Å². The zero-order valence-corrected chi connectivity index (χ0v) is 34.4. The van der Waals surface area contributed by atoms with Gasteiger partial charge in [-0.25, -0.2) is 4.79 Å². The number of carbonyl (C=O) groups excluding carboxylic acids is 2. The SMILES string of the molecule is O=C(O)CC(Nc1ccccc1C(=O)c1ccccc1)c1ccc(OC/C=C/C#CCC=CCOc2ccc(CC(Nc3ccccc3C(=O)c3ccccc3)C(=O)O)cc2)cc1. The molecule has 2 unspecified atom stereocenters. The van der Waals surface area contributed by atoms with E-state index >= 15 is 0 Å². The zero-order chi connectivity index (χ0) is 44.2. The molecule has 2 atom stereocenters. The van der Waals surface area contributed by atoms with Crippen molar-refractivity contribution in [3.8, 4) is 23.3 Å². The number of para-hydroxylation sites is 2. The number of carboxylic acid groups (broad SMARTS) is 2. The molecule has 6 aromatic carbocycles. The number of aliphatic carboxylic acids is 2. The van der Waals surface area contributed by atoms with Gasteiger partial charge in [-0.15, -0.1) is 0 Å². The zero-order valence-electron chi connectivity index (χ0n) is 34.4. The Labute approximate surface area is 366 Å². The van der Waals surface area contributed by atoms with Crippen LogP contribution >= 0.6 is 0 Å². The van der Waals surface area contributed by atoms with Crippen LogP contribution in [-0.2, 0) is 16.0 Å². The minimum atomic E-state index is -1.03. The molecule has 0 aliphatic heterocycles. The molecule has 0 aliphatic carbocycles. The van der Waals surface area contributed by atoms with Crippen molar-refractivity contribution in [2.45, 2.75) is 31.3 Å². The summed E-state index contributed by atoms with van der Waals surface area (Å²) in [6.45, 7) is 0.628. The summed E-state index contributed by atoms with van der Waals surface area (Å²) in [5, 5.41) is 26.0. The Morgan fingerprint density at radius 1 is 0.571 bits per heavy atom. The lowest BCUT2D eigenvalue weighted by molar-refractivity contribution is -0.138. The summed E-state index contributed by atoms with van der Waals surface area (Å²) in [7, 11) is 0. The minimum Gasteiger partial charge on any atom is -0.490 e.